The van der Waals surface area contributed by atoms with Crippen molar-refractivity contribution in [3.8, 4) is 17.2 Å². The molecule has 222 valence electrons. The number of hydrogen-bond acceptors (Lipinski definition) is 11. The van der Waals surface area contributed by atoms with Gasteiger partial charge in [-0.3, -0.25) is 4.57 Å². The molecule has 14 heteroatoms. The molecule has 0 radical (unpaired) electrons. The van der Waals surface area contributed by atoms with Gasteiger partial charge in [0.05, 0.1) is 44.1 Å². The first kappa shape index (κ1) is 29.1. The molecule has 3 atom stereocenters. The number of methoxy groups -OCH3 is 2. The van der Waals surface area contributed by atoms with E-state index in [1.165, 1.54) is 14.2 Å². The lowest BCUT2D eigenvalue weighted by molar-refractivity contribution is 0.00143. The predicted octanol–water partition coefficient (Wildman–Crippen LogP) is 3.05. The molecule has 2 aliphatic heterocycles. The van der Waals surface area contributed by atoms with E-state index in [0.29, 0.717) is 36.2 Å². The van der Waals surface area contributed by atoms with E-state index < -0.39 is 32.8 Å². The summed E-state index contributed by atoms with van der Waals surface area (Å²) in [6.45, 7) is 4.87. The summed E-state index contributed by atoms with van der Waals surface area (Å²) in [5.41, 5.74) is 0.504. The van der Waals surface area contributed by atoms with Crippen molar-refractivity contribution in [2.24, 2.45) is 0 Å². The van der Waals surface area contributed by atoms with E-state index in [4.69, 9.17) is 18.9 Å². The minimum Gasteiger partial charge on any atom is -0.494 e. The summed E-state index contributed by atoms with van der Waals surface area (Å²) < 4.78 is 66.6. The Balaban J connectivity index is 1.52. The average Bonchev–Trinajstić information content (AvgIpc) is 3.62. The zero-order valence-electron chi connectivity index (χ0n) is 23.6. The molecule has 4 heterocycles. The van der Waals surface area contributed by atoms with Crippen molar-refractivity contribution < 1.29 is 31.8 Å². The lowest BCUT2D eigenvalue weighted by Gasteiger charge is -2.38. The number of piperidine rings is 1. The normalized spacial score (nSPS) is 21.4. The Hall–Kier alpha value is -3.36. The number of aromatic nitrogens is 5. The SMILES string of the molecule is COc1cccc(OC)c1-n1c(CS(=O)(=O)[C@@H]2C[C@H](OC(C)C)CN(c3ncc(F)cn3)C2)nnc1[C@@H]1CCCO1. The van der Waals surface area contributed by atoms with Crippen molar-refractivity contribution in [2.45, 2.75) is 62.4 Å². The minimum absolute atomic E-state index is 0.118. The molecule has 0 unspecified atom stereocenters. The molecule has 0 saturated carbocycles. The summed E-state index contributed by atoms with van der Waals surface area (Å²) in [7, 11) is -0.760. The Kier molecular flexibility index (Phi) is 8.71. The van der Waals surface area contributed by atoms with Crippen LogP contribution in [0, 0.1) is 5.82 Å². The number of ether oxygens (including phenoxy) is 4. The molecule has 5 rings (SSSR count). The quantitative estimate of drug-likeness (QED) is 0.345. The Bertz CT molecular complexity index is 1420. The minimum atomic E-state index is -3.83. The summed E-state index contributed by atoms with van der Waals surface area (Å²) >= 11 is 0. The molecule has 0 aliphatic carbocycles. The second-order valence-electron chi connectivity index (χ2n) is 10.4. The summed E-state index contributed by atoms with van der Waals surface area (Å²) in [5, 5.41) is 7.93. The van der Waals surface area contributed by atoms with E-state index >= 15 is 0 Å². The topological polar surface area (TPSA) is 131 Å². The average molecular weight is 591 g/mol. The number of sulfone groups is 1. The molecule has 0 spiro atoms. The van der Waals surface area contributed by atoms with Gasteiger partial charge in [-0.05, 0) is 45.2 Å². The van der Waals surface area contributed by atoms with Crippen LogP contribution in [-0.4, -0.2) is 84.5 Å². The van der Waals surface area contributed by atoms with Crippen molar-refractivity contribution in [1.82, 2.24) is 24.7 Å². The largest absolute Gasteiger partial charge is 0.494 e. The number of rotatable bonds is 10. The summed E-state index contributed by atoms with van der Waals surface area (Å²) in [4.78, 5) is 9.88. The van der Waals surface area contributed by atoms with Crippen LogP contribution in [0.15, 0.2) is 30.6 Å². The maximum atomic E-state index is 14.1. The highest BCUT2D eigenvalue weighted by Gasteiger charge is 2.39. The maximum absolute atomic E-state index is 14.1. The highest BCUT2D eigenvalue weighted by molar-refractivity contribution is 7.91. The van der Waals surface area contributed by atoms with Crippen LogP contribution in [0.3, 0.4) is 0 Å². The number of halogens is 1. The van der Waals surface area contributed by atoms with E-state index in [9.17, 15) is 12.8 Å². The molecule has 1 aromatic carbocycles. The van der Waals surface area contributed by atoms with Crippen molar-refractivity contribution in [3.05, 3.63) is 48.1 Å². The molecule has 12 nitrogen and oxygen atoms in total. The van der Waals surface area contributed by atoms with Crippen LogP contribution in [0.5, 0.6) is 11.5 Å². The van der Waals surface area contributed by atoms with Gasteiger partial charge in [-0.15, -0.1) is 10.2 Å². The zero-order valence-corrected chi connectivity index (χ0v) is 24.4. The lowest BCUT2D eigenvalue weighted by atomic mass is 10.1. The number of para-hydroxylation sites is 1. The van der Waals surface area contributed by atoms with Crippen LogP contribution < -0.4 is 14.4 Å². The number of anilines is 1. The van der Waals surface area contributed by atoms with Gasteiger partial charge in [-0.25, -0.2) is 22.8 Å². The third kappa shape index (κ3) is 6.28. The standard InChI is InChI=1S/C27H35FN6O6S/c1-17(2)40-19-11-20(15-33(14-19)27-29-12-18(28)13-30-27)41(35,36)16-24-31-32-26(23-9-6-10-39-23)34(24)25-21(37-3)7-5-8-22(25)38-4/h5,7-8,12-13,17,19-20,23H,6,9-11,14-16H2,1-4H3/t19-,20+,23-/m0/s1. The van der Waals surface area contributed by atoms with Gasteiger partial charge in [0, 0.05) is 19.7 Å². The van der Waals surface area contributed by atoms with Gasteiger partial charge < -0.3 is 23.8 Å². The van der Waals surface area contributed by atoms with Crippen molar-refractivity contribution in [3.63, 3.8) is 0 Å². The van der Waals surface area contributed by atoms with E-state index in [1.807, 2.05) is 13.8 Å². The molecule has 41 heavy (non-hydrogen) atoms. The van der Waals surface area contributed by atoms with Crippen molar-refractivity contribution >= 4 is 15.8 Å². The second kappa shape index (κ2) is 12.2. The molecule has 2 aromatic heterocycles. The smallest absolute Gasteiger partial charge is 0.225 e. The van der Waals surface area contributed by atoms with Crippen LogP contribution >= 0.6 is 0 Å². The Labute approximate surface area is 238 Å². The van der Waals surface area contributed by atoms with Crippen LogP contribution in [0.1, 0.15) is 50.9 Å². The van der Waals surface area contributed by atoms with Crippen molar-refractivity contribution in [1.29, 1.82) is 0 Å². The zero-order chi connectivity index (χ0) is 29.1. The first-order valence-corrected chi connectivity index (χ1v) is 15.3. The summed E-state index contributed by atoms with van der Waals surface area (Å²) in [5.74, 6) is 0.931. The molecular weight excluding hydrogens is 555 g/mol. The third-order valence-electron chi connectivity index (χ3n) is 7.16. The fraction of sp³-hybridized carbons (Fsp3) is 0.556. The van der Waals surface area contributed by atoms with E-state index in [1.54, 1.807) is 27.7 Å². The first-order valence-electron chi connectivity index (χ1n) is 13.6. The van der Waals surface area contributed by atoms with Gasteiger partial charge >= 0.3 is 0 Å². The van der Waals surface area contributed by atoms with Crippen LogP contribution in [0.4, 0.5) is 10.3 Å². The lowest BCUT2D eigenvalue weighted by Crippen LogP contribution is -2.51. The van der Waals surface area contributed by atoms with E-state index in [-0.39, 0.29) is 36.9 Å². The van der Waals surface area contributed by atoms with Gasteiger partial charge in [0.25, 0.3) is 0 Å². The van der Waals surface area contributed by atoms with Gasteiger partial charge in [0.1, 0.15) is 29.0 Å². The Morgan fingerprint density at radius 2 is 1.80 bits per heavy atom. The third-order valence-corrected chi connectivity index (χ3v) is 9.18. The van der Waals surface area contributed by atoms with Crippen LogP contribution in [0.25, 0.3) is 5.69 Å². The van der Waals surface area contributed by atoms with Gasteiger partial charge in [-0.2, -0.15) is 0 Å². The second-order valence-corrected chi connectivity index (χ2v) is 12.7. The van der Waals surface area contributed by atoms with E-state index in [2.05, 4.69) is 20.2 Å². The molecule has 2 fully saturated rings. The molecule has 0 amide bonds. The fourth-order valence-corrected chi connectivity index (χ4v) is 7.09. The molecule has 2 aliphatic rings. The molecule has 0 N–H and O–H groups in total. The Morgan fingerprint density at radius 1 is 1.10 bits per heavy atom. The number of benzene rings is 1. The predicted molar refractivity (Wildman–Crippen MR) is 148 cm³/mol. The van der Waals surface area contributed by atoms with Gasteiger partial charge in [0.2, 0.25) is 5.95 Å². The molecular formula is C27H35FN6O6S. The van der Waals surface area contributed by atoms with E-state index in [0.717, 1.165) is 25.2 Å². The van der Waals surface area contributed by atoms with Crippen LogP contribution in [-0.2, 0) is 25.1 Å². The fourth-order valence-electron chi connectivity index (χ4n) is 5.39. The first-order chi connectivity index (χ1) is 19.7. The van der Waals surface area contributed by atoms with Gasteiger partial charge in [-0.1, -0.05) is 6.07 Å². The van der Waals surface area contributed by atoms with Gasteiger partial charge in [0.15, 0.2) is 27.3 Å². The summed E-state index contributed by atoms with van der Waals surface area (Å²) in [6, 6.07) is 5.33. The van der Waals surface area contributed by atoms with Crippen LogP contribution in [0.2, 0.25) is 0 Å². The monoisotopic (exact) mass is 590 g/mol. The summed E-state index contributed by atoms with van der Waals surface area (Å²) in [6.07, 6.45) is 3.13. The highest BCUT2D eigenvalue weighted by atomic mass is 32.2. The van der Waals surface area contributed by atoms with Crippen molar-refractivity contribution in [2.75, 3.05) is 38.8 Å². The maximum Gasteiger partial charge on any atom is 0.225 e. The number of hydrogen-bond donors (Lipinski definition) is 0. The molecule has 3 aromatic rings. The molecule has 2 saturated heterocycles. The Morgan fingerprint density at radius 3 is 2.41 bits per heavy atom. The molecule has 0 bridgehead atoms. The number of nitrogens with zero attached hydrogens (tertiary/aromatic N) is 6. The highest BCUT2D eigenvalue weighted by Crippen LogP contribution is 2.38.